The molecule has 0 aliphatic carbocycles. The van der Waals surface area contributed by atoms with Gasteiger partial charge in [-0.2, -0.15) is 10.2 Å². The Morgan fingerprint density at radius 1 is 1.03 bits per heavy atom. The maximum absolute atomic E-state index is 13.0. The molecular formula is C25H27N5O2. The van der Waals surface area contributed by atoms with Gasteiger partial charge in [0.1, 0.15) is 5.82 Å². The molecular weight excluding hydrogens is 402 g/mol. The number of nitrogens with one attached hydrogen (secondary N) is 1. The van der Waals surface area contributed by atoms with Gasteiger partial charge in [0.2, 0.25) is 0 Å². The van der Waals surface area contributed by atoms with Crippen LogP contribution in [0, 0.1) is 0 Å². The normalized spacial score (nSPS) is 11.4. The summed E-state index contributed by atoms with van der Waals surface area (Å²) in [4.78, 5) is 13.0. The first-order chi connectivity index (χ1) is 15.3. The molecule has 2 heterocycles. The number of aromatic nitrogens is 4. The third-order valence-corrected chi connectivity index (χ3v) is 5.25. The Morgan fingerprint density at radius 2 is 1.75 bits per heavy atom. The molecule has 7 nitrogen and oxygen atoms in total. The van der Waals surface area contributed by atoms with Crippen molar-refractivity contribution in [1.29, 1.82) is 0 Å². The number of rotatable bonds is 6. The van der Waals surface area contributed by atoms with E-state index < -0.39 is 0 Å². The van der Waals surface area contributed by atoms with E-state index in [0.29, 0.717) is 18.1 Å². The molecule has 2 aromatic heterocycles. The number of benzene rings is 2. The maximum atomic E-state index is 13.0. The minimum Gasteiger partial charge on any atom is -0.493 e. The van der Waals surface area contributed by atoms with Gasteiger partial charge in [-0.05, 0) is 28.7 Å². The molecule has 0 unspecified atom stereocenters. The van der Waals surface area contributed by atoms with Crippen molar-refractivity contribution >= 4 is 11.7 Å². The van der Waals surface area contributed by atoms with Crippen LogP contribution in [0.25, 0.3) is 5.69 Å². The topological polar surface area (TPSA) is 74.0 Å². The van der Waals surface area contributed by atoms with Crippen molar-refractivity contribution < 1.29 is 9.53 Å². The second-order valence-electron chi connectivity index (χ2n) is 8.60. The van der Waals surface area contributed by atoms with Crippen LogP contribution in [-0.4, -0.2) is 32.6 Å². The number of hydrogen-bond acceptors (Lipinski definition) is 4. The van der Waals surface area contributed by atoms with Crippen LogP contribution in [0.2, 0.25) is 0 Å². The van der Waals surface area contributed by atoms with Gasteiger partial charge < -0.3 is 10.1 Å². The number of para-hydroxylation sites is 1. The fourth-order valence-electron chi connectivity index (χ4n) is 3.40. The van der Waals surface area contributed by atoms with Gasteiger partial charge in [0.25, 0.3) is 5.91 Å². The van der Waals surface area contributed by atoms with Crippen molar-refractivity contribution in [2.75, 3.05) is 12.4 Å². The van der Waals surface area contributed by atoms with Gasteiger partial charge in [0, 0.05) is 6.07 Å². The van der Waals surface area contributed by atoms with E-state index >= 15 is 0 Å². The van der Waals surface area contributed by atoms with E-state index in [0.717, 1.165) is 11.3 Å². The highest BCUT2D eigenvalue weighted by Gasteiger charge is 2.20. The van der Waals surface area contributed by atoms with Crippen molar-refractivity contribution in [2.45, 2.75) is 32.7 Å². The van der Waals surface area contributed by atoms with Gasteiger partial charge in [0.15, 0.2) is 11.4 Å². The second kappa shape index (κ2) is 8.70. The number of methoxy groups -OCH3 is 1. The smallest absolute Gasteiger partial charge is 0.281 e. The lowest BCUT2D eigenvalue weighted by Gasteiger charge is -2.19. The largest absolute Gasteiger partial charge is 0.493 e. The van der Waals surface area contributed by atoms with Crippen LogP contribution in [0.1, 0.15) is 42.4 Å². The predicted octanol–water partition coefficient (Wildman–Crippen LogP) is 4.68. The van der Waals surface area contributed by atoms with Crippen LogP contribution in [-0.2, 0) is 12.0 Å². The molecule has 0 radical (unpaired) electrons. The van der Waals surface area contributed by atoms with Crippen molar-refractivity contribution in [2.24, 2.45) is 0 Å². The third kappa shape index (κ3) is 4.56. The highest BCUT2D eigenvalue weighted by Crippen LogP contribution is 2.23. The summed E-state index contributed by atoms with van der Waals surface area (Å²) in [5.74, 6) is 0.628. The molecule has 0 bridgehead atoms. The number of nitrogens with zero attached hydrogens (tertiary/aromatic N) is 4. The van der Waals surface area contributed by atoms with Crippen molar-refractivity contribution in [1.82, 2.24) is 19.6 Å². The summed E-state index contributed by atoms with van der Waals surface area (Å²) in [6.45, 7) is 7.12. The zero-order valence-electron chi connectivity index (χ0n) is 18.7. The number of amides is 1. The quantitative estimate of drug-likeness (QED) is 0.483. The Kier molecular flexibility index (Phi) is 5.81. The van der Waals surface area contributed by atoms with Crippen LogP contribution in [0.5, 0.6) is 5.75 Å². The minimum absolute atomic E-state index is 0.103. The van der Waals surface area contributed by atoms with Gasteiger partial charge in [-0.15, -0.1) is 0 Å². The third-order valence-electron chi connectivity index (χ3n) is 5.25. The molecule has 2 aromatic carbocycles. The predicted molar refractivity (Wildman–Crippen MR) is 125 cm³/mol. The number of carbonyl (C=O) groups excluding carboxylic acids is 1. The van der Waals surface area contributed by atoms with E-state index in [-0.39, 0.29) is 17.0 Å². The van der Waals surface area contributed by atoms with Gasteiger partial charge in [-0.25, -0.2) is 9.36 Å². The Balaban J connectivity index is 1.52. The standard InChI is InChI=1S/C25H27N5O2/c1-25(2,3)19-12-10-18(11-13-19)16-30-22(14-15-26-30)27-24(31)23-21(32-4)17-29(28-23)20-8-6-5-7-9-20/h5-15,17H,16H2,1-4H3,(H,27,31). The summed E-state index contributed by atoms with van der Waals surface area (Å²) in [7, 11) is 1.52. The van der Waals surface area contributed by atoms with Gasteiger partial charge in [0.05, 0.1) is 31.7 Å². The summed E-state index contributed by atoms with van der Waals surface area (Å²) in [6, 6.07) is 19.8. The highest BCUT2D eigenvalue weighted by atomic mass is 16.5. The number of carbonyl (C=O) groups is 1. The van der Waals surface area contributed by atoms with E-state index in [4.69, 9.17) is 4.74 Å². The Hall–Kier alpha value is -3.87. The highest BCUT2D eigenvalue weighted by molar-refractivity contribution is 6.04. The Labute approximate surface area is 187 Å². The monoisotopic (exact) mass is 429 g/mol. The van der Waals surface area contributed by atoms with E-state index in [1.165, 1.54) is 12.7 Å². The van der Waals surface area contributed by atoms with Crippen LogP contribution in [0.15, 0.2) is 73.1 Å². The van der Waals surface area contributed by atoms with Crippen LogP contribution in [0.4, 0.5) is 5.82 Å². The molecule has 0 saturated heterocycles. The molecule has 4 aromatic rings. The lowest BCUT2D eigenvalue weighted by atomic mass is 9.87. The van der Waals surface area contributed by atoms with Crippen molar-refractivity contribution in [3.8, 4) is 11.4 Å². The SMILES string of the molecule is COc1cn(-c2ccccc2)nc1C(=O)Nc1ccnn1Cc1ccc(C(C)(C)C)cc1. The molecule has 4 rings (SSSR count). The summed E-state index contributed by atoms with van der Waals surface area (Å²) in [5.41, 5.74) is 3.53. The molecule has 1 N–H and O–H groups in total. The van der Waals surface area contributed by atoms with Crippen molar-refractivity contribution in [3.05, 3.63) is 89.9 Å². The fourth-order valence-corrected chi connectivity index (χ4v) is 3.40. The van der Waals surface area contributed by atoms with Crippen molar-refractivity contribution in [3.63, 3.8) is 0 Å². The van der Waals surface area contributed by atoms with Gasteiger partial charge in [-0.3, -0.25) is 4.79 Å². The molecule has 32 heavy (non-hydrogen) atoms. The molecule has 0 atom stereocenters. The van der Waals surface area contributed by atoms with E-state index in [1.54, 1.807) is 27.8 Å². The number of hydrogen-bond donors (Lipinski definition) is 1. The molecule has 164 valence electrons. The van der Waals surface area contributed by atoms with Gasteiger partial charge in [-0.1, -0.05) is 63.2 Å². The molecule has 0 spiro atoms. The number of anilines is 1. The van der Waals surface area contributed by atoms with Crippen LogP contribution in [0.3, 0.4) is 0 Å². The molecule has 1 amide bonds. The average molecular weight is 430 g/mol. The first-order valence-corrected chi connectivity index (χ1v) is 10.5. The molecule has 0 aliphatic rings. The second-order valence-corrected chi connectivity index (χ2v) is 8.60. The lowest BCUT2D eigenvalue weighted by molar-refractivity contribution is 0.101. The Morgan fingerprint density at radius 3 is 2.41 bits per heavy atom. The van der Waals surface area contributed by atoms with Crippen LogP contribution >= 0.6 is 0 Å². The summed E-state index contributed by atoms with van der Waals surface area (Å²) < 4.78 is 8.77. The van der Waals surface area contributed by atoms with E-state index in [9.17, 15) is 4.79 Å². The maximum Gasteiger partial charge on any atom is 0.281 e. The first kappa shape index (κ1) is 21.4. The molecule has 0 aliphatic heterocycles. The van der Waals surface area contributed by atoms with Crippen LogP contribution < -0.4 is 10.1 Å². The summed E-state index contributed by atoms with van der Waals surface area (Å²) >= 11 is 0. The summed E-state index contributed by atoms with van der Waals surface area (Å²) in [6.07, 6.45) is 3.36. The fraction of sp³-hybridized carbons (Fsp3) is 0.240. The zero-order valence-corrected chi connectivity index (χ0v) is 18.7. The summed E-state index contributed by atoms with van der Waals surface area (Å²) in [5, 5.41) is 11.7. The first-order valence-electron chi connectivity index (χ1n) is 10.5. The van der Waals surface area contributed by atoms with E-state index in [1.807, 2.05) is 30.3 Å². The molecule has 7 heteroatoms. The minimum atomic E-state index is -0.360. The average Bonchev–Trinajstić information content (AvgIpc) is 3.41. The van der Waals surface area contributed by atoms with Gasteiger partial charge >= 0.3 is 0 Å². The molecule has 0 saturated carbocycles. The number of ether oxygens (including phenoxy) is 1. The Bertz CT molecular complexity index is 1200. The lowest BCUT2D eigenvalue weighted by Crippen LogP contribution is -2.18. The zero-order chi connectivity index (χ0) is 22.7. The molecule has 0 fully saturated rings. The van der Waals surface area contributed by atoms with E-state index in [2.05, 4.69) is 60.6 Å².